The van der Waals surface area contributed by atoms with Crippen molar-refractivity contribution in [2.45, 2.75) is 19.8 Å². The molecule has 4 rings (SSSR count). The number of thiazole rings is 1. The standard InChI is InChI=1S/C21H21N5O2S/c1-14-6-8-15(9-7-14)20-26-25-19(28-20)11-10-18(27)22-12-13-23-21-24-16-4-2-3-5-17(16)29-21/h2-9H,10-13H2,1H3,(H,22,27)(H,23,24). The lowest BCUT2D eigenvalue weighted by Gasteiger charge is -2.05. The Morgan fingerprint density at radius 2 is 1.90 bits per heavy atom. The number of nitrogens with one attached hydrogen (secondary N) is 2. The molecule has 0 atom stereocenters. The van der Waals surface area contributed by atoms with Crippen molar-refractivity contribution in [1.29, 1.82) is 0 Å². The number of hydrogen-bond acceptors (Lipinski definition) is 7. The van der Waals surface area contributed by atoms with Gasteiger partial charge in [0.25, 0.3) is 0 Å². The van der Waals surface area contributed by atoms with Crippen molar-refractivity contribution in [2.75, 3.05) is 18.4 Å². The van der Waals surface area contributed by atoms with Crippen LogP contribution in [0.1, 0.15) is 17.9 Å². The van der Waals surface area contributed by atoms with Crippen LogP contribution < -0.4 is 10.6 Å². The first-order valence-electron chi connectivity index (χ1n) is 9.43. The molecule has 7 nitrogen and oxygen atoms in total. The monoisotopic (exact) mass is 407 g/mol. The van der Waals surface area contributed by atoms with E-state index < -0.39 is 0 Å². The lowest BCUT2D eigenvalue weighted by molar-refractivity contribution is -0.121. The predicted octanol–water partition coefficient (Wildman–Crippen LogP) is 3.82. The third-order valence-electron chi connectivity index (χ3n) is 4.35. The molecular weight excluding hydrogens is 386 g/mol. The number of hydrogen-bond donors (Lipinski definition) is 2. The zero-order valence-corrected chi connectivity index (χ0v) is 16.8. The lowest BCUT2D eigenvalue weighted by Crippen LogP contribution is -2.28. The van der Waals surface area contributed by atoms with Crippen molar-refractivity contribution in [1.82, 2.24) is 20.5 Å². The molecule has 0 saturated carbocycles. The van der Waals surface area contributed by atoms with Crippen LogP contribution in [0.25, 0.3) is 21.7 Å². The van der Waals surface area contributed by atoms with E-state index >= 15 is 0 Å². The van der Waals surface area contributed by atoms with E-state index in [0.717, 1.165) is 20.9 Å². The maximum absolute atomic E-state index is 12.0. The Bertz CT molecular complexity index is 1070. The molecule has 1 amide bonds. The summed E-state index contributed by atoms with van der Waals surface area (Å²) >= 11 is 1.60. The van der Waals surface area contributed by atoms with Gasteiger partial charge in [0.15, 0.2) is 5.13 Å². The number of aromatic nitrogens is 3. The number of carbonyl (C=O) groups is 1. The first kappa shape index (κ1) is 19.1. The van der Waals surface area contributed by atoms with E-state index in [9.17, 15) is 4.79 Å². The van der Waals surface area contributed by atoms with Crippen LogP contribution in [0.15, 0.2) is 52.9 Å². The highest BCUT2D eigenvalue weighted by Gasteiger charge is 2.10. The molecule has 0 bridgehead atoms. The molecule has 0 fully saturated rings. The van der Waals surface area contributed by atoms with Crippen molar-refractivity contribution in [3.63, 3.8) is 0 Å². The molecule has 0 saturated heterocycles. The fourth-order valence-corrected chi connectivity index (χ4v) is 3.69. The van der Waals surface area contributed by atoms with Gasteiger partial charge < -0.3 is 15.1 Å². The number of rotatable bonds is 8. The Morgan fingerprint density at radius 3 is 2.72 bits per heavy atom. The summed E-state index contributed by atoms with van der Waals surface area (Å²) in [4.78, 5) is 16.5. The van der Waals surface area contributed by atoms with E-state index in [1.165, 1.54) is 5.56 Å². The molecule has 2 heterocycles. The highest BCUT2D eigenvalue weighted by atomic mass is 32.1. The van der Waals surface area contributed by atoms with Crippen LogP contribution >= 0.6 is 11.3 Å². The van der Waals surface area contributed by atoms with Gasteiger partial charge in [0.2, 0.25) is 17.7 Å². The topological polar surface area (TPSA) is 92.9 Å². The van der Waals surface area contributed by atoms with Gasteiger partial charge in [-0.2, -0.15) is 0 Å². The highest BCUT2D eigenvalue weighted by Crippen LogP contribution is 2.25. The van der Waals surface area contributed by atoms with E-state index in [-0.39, 0.29) is 5.91 Å². The largest absolute Gasteiger partial charge is 0.421 e. The first-order valence-corrected chi connectivity index (χ1v) is 10.2. The van der Waals surface area contributed by atoms with Crippen molar-refractivity contribution in [3.8, 4) is 11.5 Å². The molecule has 2 aromatic carbocycles. The number of fused-ring (bicyclic) bond motifs is 1. The second-order valence-electron chi connectivity index (χ2n) is 6.63. The number of para-hydroxylation sites is 1. The summed E-state index contributed by atoms with van der Waals surface area (Å²) in [7, 11) is 0. The summed E-state index contributed by atoms with van der Waals surface area (Å²) in [5.41, 5.74) is 3.02. The quantitative estimate of drug-likeness (QED) is 0.432. The van der Waals surface area contributed by atoms with Gasteiger partial charge in [0, 0.05) is 31.5 Å². The molecule has 2 N–H and O–H groups in total. The minimum Gasteiger partial charge on any atom is -0.421 e. The molecule has 148 valence electrons. The molecule has 29 heavy (non-hydrogen) atoms. The van der Waals surface area contributed by atoms with E-state index in [0.29, 0.717) is 37.7 Å². The third-order valence-corrected chi connectivity index (χ3v) is 5.34. The SMILES string of the molecule is Cc1ccc(-c2nnc(CCC(=O)NCCNc3nc4ccccc4s3)o2)cc1. The molecule has 0 aliphatic carbocycles. The number of aryl methyl sites for hydroxylation is 2. The van der Waals surface area contributed by atoms with Crippen molar-refractivity contribution < 1.29 is 9.21 Å². The summed E-state index contributed by atoms with van der Waals surface area (Å²) in [6.45, 7) is 3.16. The zero-order valence-electron chi connectivity index (χ0n) is 16.0. The Balaban J connectivity index is 1.19. The van der Waals surface area contributed by atoms with E-state index in [1.807, 2.05) is 55.5 Å². The first-order chi connectivity index (χ1) is 14.2. The van der Waals surface area contributed by atoms with Gasteiger partial charge in [0.05, 0.1) is 10.2 Å². The lowest BCUT2D eigenvalue weighted by atomic mass is 10.1. The predicted molar refractivity (Wildman–Crippen MR) is 114 cm³/mol. The number of benzene rings is 2. The Labute approximate surface area is 172 Å². The molecule has 2 aromatic heterocycles. The third kappa shape index (κ3) is 4.97. The average molecular weight is 407 g/mol. The van der Waals surface area contributed by atoms with Gasteiger partial charge >= 0.3 is 0 Å². The number of nitrogens with zero attached hydrogens (tertiary/aromatic N) is 3. The number of carbonyl (C=O) groups excluding carboxylic acids is 1. The zero-order chi connectivity index (χ0) is 20.1. The molecule has 0 unspecified atom stereocenters. The van der Waals surface area contributed by atoms with Gasteiger partial charge in [0.1, 0.15) is 0 Å². The molecular formula is C21H21N5O2S. The summed E-state index contributed by atoms with van der Waals surface area (Å²) in [6, 6.07) is 15.9. The highest BCUT2D eigenvalue weighted by molar-refractivity contribution is 7.22. The molecule has 4 aromatic rings. The van der Waals surface area contributed by atoms with Crippen LogP contribution in [0.2, 0.25) is 0 Å². The van der Waals surface area contributed by atoms with Gasteiger partial charge in [-0.05, 0) is 31.2 Å². The van der Waals surface area contributed by atoms with Gasteiger partial charge in [-0.3, -0.25) is 4.79 Å². The molecule has 0 spiro atoms. The maximum Gasteiger partial charge on any atom is 0.247 e. The normalized spacial score (nSPS) is 10.9. The van der Waals surface area contributed by atoms with E-state index in [2.05, 4.69) is 25.8 Å². The fourth-order valence-electron chi connectivity index (χ4n) is 2.80. The Hall–Kier alpha value is -3.26. The van der Waals surface area contributed by atoms with Crippen LogP contribution in [0.4, 0.5) is 5.13 Å². The van der Waals surface area contributed by atoms with Crippen molar-refractivity contribution in [3.05, 3.63) is 60.0 Å². The second-order valence-corrected chi connectivity index (χ2v) is 7.66. The second kappa shape index (κ2) is 8.83. The summed E-state index contributed by atoms with van der Waals surface area (Å²) in [5.74, 6) is 0.884. The van der Waals surface area contributed by atoms with Crippen LogP contribution in [-0.4, -0.2) is 34.2 Å². The van der Waals surface area contributed by atoms with E-state index in [1.54, 1.807) is 11.3 Å². The van der Waals surface area contributed by atoms with Crippen LogP contribution in [0.3, 0.4) is 0 Å². The van der Waals surface area contributed by atoms with Crippen molar-refractivity contribution >= 4 is 32.6 Å². The fraction of sp³-hybridized carbons (Fsp3) is 0.238. The van der Waals surface area contributed by atoms with Crippen molar-refractivity contribution in [2.24, 2.45) is 0 Å². The number of amides is 1. The van der Waals surface area contributed by atoms with Gasteiger partial charge in [-0.25, -0.2) is 4.98 Å². The maximum atomic E-state index is 12.0. The molecule has 0 aliphatic heterocycles. The number of anilines is 1. The van der Waals surface area contributed by atoms with Crippen LogP contribution in [0, 0.1) is 6.92 Å². The van der Waals surface area contributed by atoms with Gasteiger partial charge in [-0.1, -0.05) is 41.2 Å². The summed E-state index contributed by atoms with van der Waals surface area (Å²) < 4.78 is 6.79. The van der Waals surface area contributed by atoms with Gasteiger partial charge in [-0.15, -0.1) is 10.2 Å². The summed E-state index contributed by atoms with van der Waals surface area (Å²) in [5, 5.41) is 15.1. The smallest absolute Gasteiger partial charge is 0.247 e. The minimum absolute atomic E-state index is 0.0498. The average Bonchev–Trinajstić information content (AvgIpc) is 3.37. The van der Waals surface area contributed by atoms with Crippen LogP contribution in [-0.2, 0) is 11.2 Å². The minimum atomic E-state index is -0.0498. The molecule has 8 heteroatoms. The Morgan fingerprint density at radius 1 is 1.07 bits per heavy atom. The summed E-state index contributed by atoms with van der Waals surface area (Å²) in [6.07, 6.45) is 0.715. The molecule has 0 radical (unpaired) electrons. The Kier molecular flexibility index (Phi) is 5.81. The van der Waals surface area contributed by atoms with Crippen LogP contribution in [0.5, 0.6) is 0 Å². The van der Waals surface area contributed by atoms with E-state index in [4.69, 9.17) is 4.42 Å². The molecule has 0 aliphatic rings.